The van der Waals surface area contributed by atoms with Gasteiger partial charge in [0.05, 0.1) is 125 Å². The first-order valence-corrected chi connectivity index (χ1v) is 26.6. The number of hydrogen-bond acceptors (Lipinski definition) is 20. The average Bonchev–Trinajstić information content (AvgIpc) is 3.74. The molecule has 0 unspecified atom stereocenters. The number of nitrogens with one attached hydrogen (secondary N) is 5. The Kier molecular flexibility index (Phi) is 38.7. The predicted molar refractivity (Wildman–Crippen MR) is 284 cm³/mol. The number of imide groups is 1. The standard InChI is InChI=1S/C52H85N7O20/c1-38(50(67)55-39(2)51(68)58-43-36-40(9-11-44(43)60)35-41(53)10-14-49(65)66)56-52(69)42(57-45(61)8-6-16-59-47(63)12-13-48(59)64)7-4-5-15-54-46(62)37-79-34-33-78-32-31-77-30-29-76-28-27-75-26-25-74-24-23-73-22-21-72-20-19-71-18-17-70-3/h9,11-13,36,38-39,41-42,60H,4-8,10,14-35,37,53H2,1-3H3,(H,54,62)(H,55,67)(H,56,69)(H,57,61)(H,58,68)(H,65,66)/t38-,39-,41+,42-/m0/s1. The molecule has 1 aliphatic rings. The third-order valence-corrected chi connectivity index (χ3v) is 11.3. The van der Waals surface area contributed by atoms with Crippen molar-refractivity contribution < 1.29 is 95.9 Å². The first-order chi connectivity index (χ1) is 38.1. The molecule has 7 amide bonds. The van der Waals surface area contributed by atoms with Crippen LogP contribution in [0.15, 0.2) is 30.4 Å². The van der Waals surface area contributed by atoms with Gasteiger partial charge in [0.15, 0.2) is 0 Å². The molecule has 0 saturated heterocycles. The molecular formula is C52H85N7O20. The third kappa shape index (κ3) is 34.8. The van der Waals surface area contributed by atoms with E-state index in [1.165, 1.54) is 26.0 Å². The highest BCUT2D eigenvalue weighted by Gasteiger charge is 2.27. The number of nitrogens with zero attached hydrogens (tertiary/aromatic N) is 1. The zero-order valence-corrected chi connectivity index (χ0v) is 46.0. The first kappa shape index (κ1) is 69.4. The number of phenols is 1. The van der Waals surface area contributed by atoms with Gasteiger partial charge in [-0.1, -0.05) is 6.07 Å². The van der Waals surface area contributed by atoms with Crippen molar-refractivity contribution in [3.8, 4) is 5.75 Å². The molecule has 4 atom stereocenters. The summed E-state index contributed by atoms with van der Waals surface area (Å²) in [6.07, 6.45) is 3.56. The number of rotatable bonds is 50. The normalized spacial score (nSPS) is 13.7. The van der Waals surface area contributed by atoms with Crippen molar-refractivity contribution in [2.45, 2.75) is 89.4 Å². The van der Waals surface area contributed by atoms with E-state index in [9.17, 15) is 43.5 Å². The van der Waals surface area contributed by atoms with E-state index < -0.39 is 65.6 Å². The van der Waals surface area contributed by atoms with Crippen molar-refractivity contribution in [1.82, 2.24) is 26.2 Å². The minimum absolute atomic E-state index is 0.00452. The van der Waals surface area contributed by atoms with E-state index >= 15 is 0 Å². The molecule has 1 aromatic rings. The van der Waals surface area contributed by atoms with Gasteiger partial charge in [-0.3, -0.25) is 43.3 Å². The summed E-state index contributed by atoms with van der Waals surface area (Å²) in [6.45, 7) is 10.5. The van der Waals surface area contributed by atoms with Crippen molar-refractivity contribution >= 4 is 53.0 Å². The molecule has 79 heavy (non-hydrogen) atoms. The third-order valence-electron chi connectivity index (χ3n) is 11.3. The lowest BCUT2D eigenvalue weighted by Gasteiger charge is -2.23. The van der Waals surface area contributed by atoms with Crippen LogP contribution in [0.2, 0.25) is 0 Å². The molecule has 2 rings (SSSR count). The Morgan fingerprint density at radius 1 is 0.582 bits per heavy atom. The quantitative estimate of drug-likeness (QED) is 0.0228. The molecule has 0 saturated carbocycles. The van der Waals surface area contributed by atoms with Crippen molar-refractivity contribution in [2.75, 3.05) is 151 Å². The molecule has 0 bridgehead atoms. The first-order valence-electron chi connectivity index (χ1n) is 26.6. The van der Waals surface area contributed by atoms with Crippen molar-refractivity contribution in [1.29, 1.82) is 0 Å². The van der Waals surface area contributed by atoms with E-state index in [1.54, 1.807) is 13.2 Å². The van der Waals surface area contributed by atoms with Crippen LogP contribution in [0.4, 0.5) is 5.69 Å². The van der Waals surface area contributed by atoms with Crippen LogP contribution in [0.3, 0.4) is 0 Å². The number of phenolic OH excluding ortho intramolecular Hbond substituents is 1. The number of carbonyl (C=O) groups excluding carboxylic acids is 7. The van der Waals surface area contributed by atoms with Crippen molar-refractivity contribution in [3.63, 3.8) is 0 Å². The maximum absolute atomic E-state index is 13.5. The monoisotopic (exact) mass is 1130 g/mol. The molecule has 448 valence electrons. The number of aliphatic carboxylic acids is 1. The molecule has 1 heterocycles. The van der Waals surface area contributed by atoms with Crippen LogP contribution in [0, 0.1) is 0 Å². The summed E-state index contributed by atoms with van der Waals surface area (Å²) in [6, 6.07) is 0.518. The largest absolute Gasteiger partial charge is 0.506 e. The summed E-state index contributed by atoms with van der Waals surface area (Å²) >= 11 is 0. The highest BCUT2D eigenvalue weighted by atomic mass is 16.6. The van der Waals surface area contributed by atoms with Crippen LogP contribution >= 0.6 is 0 Å². The highest BCUT2D eigenvalue weighted by Crippen LogP contribution is 2.25. The molecule has 1 aromatic carbocycles. The minimum Gasteiger partial charge on any atom is -0.506 e. The molecule has 0 aliphatic carbocycles. The van der Waals surface area contributed by atoms with Crippen molar-refractivity contribution in [3.05, 3.63) is 35.9 Å². The molecule has 27 nitrogen and oxygen atoms in total. The fraction of sp³-hybridized carbons (Fsp3) is 0.692. The number of carboxylic acids is 1. The molecule has 0 fully saturated rings. The Labute approximate surface area is 461 Å². The van der Waals surface area contributed by atoms with Gasteiger partial charge in [0, 0.05) is 51.2 Å². The summed E-state index contributed by atoms with van der Waals surface area (Å²) in [5.41, 5.74) is 6.72. The van der Waals surface area contributed by atoms with E-state index in [2.05, 4.69) is 26.6 Å². The lowest BCUT2D eigenvalue weighted by molar-refractivity contribution is -0.138. The maximum atomic E-state index is 13.5. The lowest BCUT2D eigenvalue weighted by atomic mass is 10.0. The number of anilines is 1. The smallest absolute Gasteiger partial charge is 0.303 e. The average molecular weight is 1130 g/mol. The summed E-state index contributed by atoms with van der Waals surface area (Å²) in [4.78, 5) is 101. The van der Waals surface area contributed by atoms with Crippen LogP contribution in [0.5, 0.6) is 5.75 Å². The number of carbonyl (C=O) groups is 8. The van der Waals surface area contributed by atoms with Gasteiger partial charge in [-0.05, 0) is 70.1 Å². The fourth-order valence-corrected chi connectivity index (χ4v) is 6.95. The number of amides is 7. The number of carboxylic acid groups (broad SMARTS) is 1. The van der Waals surface area contributed by atoms with Crippen LogP contribution in [0.25, 0.3) is 0 Å². The Bertz CT molecular complexity index is 1960. The van der Waals surface area contributed by atoms with E-state index in [0.29, 0.717) is 124 Å². The number of methoxy groups -OCH3 is 1. The van der Waals surface area contributed by atoms with E-state index in [0.717, 1.165) is 17.1 Å². The van der Waals surface area contributed by atoms with Gasteiger partial charge < -0.3 is 89.9 Å². The summed E-state index contributed by atoms with van der Waals surface area (Å²) in [5, 5.41) is 32.3. The molecule has 27 heteroatoms. The van der Waals surface area contributed by atoms with Crippen LogP contribution in [0.1, 0.15) is 64.4 Å². The molecule has 0 aromatic heterocycles. The molecule has 0 spiro atoms. The van der Waals surface area contributed by atoms with Gasteiger partial charge in [-0.15, -0.1) is 0 Å². The second kappa shape index (κ2) is 44.1. The number of benzene rings is 1. The van der Waals surface area contributed by atoms with E-state index in [1.807, 2.05) is 0 Å². The summed E-state index contributed by atoms with van der Waals surface area (Å²) in [5.74, 6) is -5.24. The zero-order valence-electron chi connectivity index (χ0n) is 46.0. The number of hydrogen-bond donors (Lipinski definition) is 8. The fourth-order valence-electron chi connectivity index (χ4n) is 6.95. The number of aromatic hydroxyl groups is 1. The number of ether oxygens (including phenoxy) is 10. The maximum Gasteiger partial charge on any atom is 0.303 e. The van der Waals surface area contributed by atoms with E-state index in [4.69, 9.17) is 58.2 Å². The van der Waals surface area contributed by atoms with Gasteiger partial charge in [0.1, 0.15) is 30.5 Å². The second-order valence-electron chi connectivity index (χ2n) is 17.9. The van der Waals surface area contributed by atoms with Crippen LogP contribution in [-0.4, -0.2) is 232 Å². The number of nitrogens with two attached hydrogens (primary N) is 1. The summed E-state index contributed by atoms with van der Waals surface area (Å²) in [7, 11) is 1.63. The molecule has 9 N–H and O–H groups in total. The lowest BCUT2D eigenvalue weighted by Crippen LogP contribution is -2.54. The topological polar surface area (TPSA) is 359 Å². The Balaban J connectivity index is 1.61. The highest BCUT2D eigenvalue weighted by molar-refractivity contribution is 6.12. The zero-order chi connectivity index (χ0) is 57.9. The van der Waals surface area contributed by atoms with Gasteiger partial charge in [-0.25, -0.2) is 0 Å². The van der Waals surface area contributed by atoms with Gasteiger partial charge in [-0.2, -0.15) is 0 Å². The van der Waals surface area contributed by atoms with Crippen LogP contribution in [-0.2, 0) is 92.1 Å². The van der Waals surface area contributed by atoms with Gasteiger partial charge in [0.25, 0.3) is 11.8 Å². The van der Waals surface area contributed by atoms with Gasteiger partial charge in [0.2, 0.25) is 29.5 Å². The van der Waals surface area contributed by atoms with Gasteiger partial charge >= 0.3 is 5.97 Å². The predicted octanol–water partition coefficient (Wildman–Crippen LogP) is -0.653. The Hall–Kier alpha value is -5.72. The molecular weight excluding hydrogens is 1040 g/mol. The molecule has 0 radical (unpaired) electrons. The summed E-state index contributed by atoms with van der Waals surface area (Å²) < 4.78 is 53.8. The molecule has 1 aliphatic heterocycles. The second-order valence-corrected chi connectivity index (χ2v) is 17.9. The van der Waals surface area contributed by atoms with Crippen LogP contribution < -0.4 is 32.3 Å². The number of unbranched alkanes of at least 4 members (excludes halogenated alkanes) is 1. The Morgan fingerprint density at radius 3 is 1.57 bits per heavy atom. The van der Waals surface area contributed by atoms with E-state index in [-0.39, 0.29) is 88.8 Å². The Morgan fingerprint density at radius 2 is 1.06 bits per heavy atom. The SMILES string of the molecule is COCCOCCOCCOCCOCCOCCOCCOCCOCCOCC(=O)NCCCC[C@H](NC(=O)CCCN1C(=O)C=CC1=O)C(=O)N[C@@H](C)C(=O)N[C@@H](C)C(=O)Nc1cc(C[C@H](N)CCC(=O)O)ccc1O. The van der Waals surface area contributed by atoms with Crippen molar-refractivity contribution in [2.24, 2.45) is 5.73 Å². The minimum atomic E-state index is -1.18.